The van der Waals surface area contributed by atoms with Gasteiger partial charge < -0.3 is 10.1 Å². The van der Waals surface area contributed by atoms with Crippen molar-refractivity contribution in [3.63, 3.8) is 0 Å². The number of carbonyl (C=O) groups is 1. The maximum Gasteiger partial charge on any atom is 0.251 e. The monoisotopic (exact) mass is 378 g/mol. The van der Waals surface area contributed by atoms with Gasteiger partial charge in [-0.25, -0.2) is 0 Å². The zero-order valence-corrected chi connectivity index (χ0v) is 16.7. The molecule has 2 aromatic carbocycles. The van der Waals surface area contributed by atoms with Crippen molar-refractivity contribution in [1.29, 1.82) is 0 Å². The van der Waals surface area contributed by atoms with Crippen LogP contribution in [0.1, 0.15) is 52.4 Å². The van der Waals surface area contributed by atoms with Gasteiger partial charge in [-0.3, -0.25) is 9.69 Å². The van der Waals surface area contributed by atoms with Gasteiger partial charge in [0.1, 0.15) is 0 Å². The van der Waals surface area contributed by atoms with E-state index in [9.17, 15) is 4.79 Å². The molecule has 0 saturated carbocycles. The van der Waals surface area contributed by atoms with Crippen molar-refractivity contribution in [3.8, 4) is 0 Å². The number of carbonyl (C=O) groups excluding carboxylic acids is 1. The second-order valence-corrected chi connectivity index (χ2v) is 8.11. The summed E-state index contributed by atoms with van der Waals surface area (Å²) in [5.74, 6) is 0.0146. The van der Waals surface area contributed by atoms with Crippen molar-refractivity contribution >= 4 is 5.91 Å². The quantitative estimate of drug-likeness (QED) is 0.862. The molecule has 0 bridgehead atoms. The Hall–Kier alpha value is -2.17. The molecule has 1 aliphatic carbocycles. The lowest BCUT2D eigenvalue weighted by atomic mass is 9.90. The van der Waals surface area contributed by atoms with Gasteiger partial charge in [-0.1, -0.05) is 30.3 Å². The number of aryl methyl sites for hydroxylation is 2. The van der Waals surface area contributed by atoms with Crippen LogP contribution in [-0.4, -0.2) is 36.6 Å². The predicted octanol–water partition coefficient (Wildman–Crippen LogP) is 3.72. The van der Waals surface area contributed by atoms with Crippen LogP contribution >= 0.6 is 0 Å². The van der Waals surface area contributed by atoms with Crippen molar-refractivity contribution < 1.29 is 9.53 Å². The summed E-state index contributed by atoms with van der Waals surface area (Å²) in [4.78, 5) is 15.0. The molecule has 1 saturated heterocycles. The summed E-state index contributed by atoms with van der Waals surface area (Å²) in [6, 6.07) is 14.7. The summed E-state index contributed by atoms with van der Waals surface area (Å²) in [5, 5.41) is 3.09. The van der Waals surface area contributed by atoms with E-state index in [1.54, 1.807) is 0 Å². The fourth-order valence-electron chi connectivity index (χ4n) is 4.29. The van der Waals surface area contributed by atoms with E-state index < -0.39 is 0 Å². The third-order valence-corrected chi connectivity index (χ3v) is 5.79. The summed E-state index contributed by atoms with van der Waals surface area (Å²) < 4.78 is 5.62. The predicted molar refractivity (Wildman–Crippen MR) is 111 cm³/mol. The molecule has 4 rings (SSSR count). The number of morpholine rings is 1. The minimum Gasteiger partial charge on any atom is -0.376 e. The fourth-order valence-corrected chi connectivity index (χ4v) is 4.29. The highest BCUT2D eigenvalue weighted by Crippen LogP contribution is 2.22. The molecular weight excluding hydrogens is 348 g/mol. The Morgan fingerprint density at radius 2 is 1.93 bits per heavy atom. The van der Waals surface area contributed by atoms with Crippen LogP contribution in [0.4, 0.5) is 0 Å². The maximum absolute atomic E-state index is 12.6. The number of benzene rings is 2. The van der Waals surface area contributed by atoms with Gasteiger partial charge in [0.2, 0.25) is 0 Å². The van der Waals surface area contributed by atoms with Crippen molar-refractivity contribution in [2.75, 3.05) is 19.7 Å². The molecule has 0 spiro atoms. The summed E-state index contributed by atoms with van der Waals surface area (Å²) in [6.07, 6.45) is 5.03. The molecule has 1 amide bonds. The van der Waals surface area contributed by atoms with E-state index in [4.69, 9.17) is 4.74 Å². The van der Waals surface area contributed by atoms with E-state index in [2.05, 4.69) is 53.5 Å². The van der Waals surface area contributed by atoms with Crippen LogP contribution in [-0.2, 0) is 30.7 Å². The van der Waals surface area contributed by atoms with E-state index in [0.29, 0.717) is 12.6 Å². The molecule has 0 aromatic heterocycles. The first-order valence-electron chi connectivity index (χ1n) is 10.5. The standard InChI is InChI=1S/C24H30N2O2/c1-18-16-26(11-12-28-18)17-20-6-4-5-19(13-20)15-25-24(27)23-10-9-21-7-2-3-8-22(21)14-23/h4-6,9-10,13-14,18H,2-3,7-8,11-12,15-17H2,1H3,(H,25,27). The Morgan fingerprint density at radius 3 is 2.79 bits per heavy atom. The number of rotatable bonds is 5. The molecule has 0 radical (unpaired) electrons. The van der Waals surface area contributed by atoms with Crippen molar-refractivity contribution in [2.24, 2.45) is 0 Å². The minimum atomic E-state index is 0.0146. The SMILES string of the molecule is CC1CN(Cc2cccc(CNC(=O)c3ccc4c(c3)CCCC4)c2)CCO1. The fraction of sp³-hybridized carbons (Fsp3) is 0.458. The maximum atomic E-state index is 12.6. The number of hydrogen-bond donors (Lipinski definition) is 1. The highest BCUT2D eigenvalue weighted by molar-refractivity contribution is 5.94. The van der Waals surface area contributed by atoms with Gasteiger partial charge in [0, 0.05) is 31.7 Å². The molecule has 2 aromatic rings. The second-order valence-electron chi connectivity index (χ2n) is 8.11. The van der Waals surface area contributed by atoms with Crippen LogP contribution in [0.5, 0.6) is 0 Å². The normalized spacial score (nSPS) is 19.8. The lowest BCUT2D eigenvalue weighted by molar-refractivity contribution is -0.0212. The van der Waals surface area contributed by atoms with Gasteiger partial charge in [0.05, 0.1) is 12.7 Å². The van der Waals surface area contributed by atoms with Crippen LogP contribution in [0.25, 0.3) is 0 Å². The Kier molecular flexibility index (Phi) is 6.08. The van der Waals surface area contributed by atoms with Crippen LogP contribution in [0.3, 0.4) is 0 Å². The van der Waals surface area contributed by atoms with Crippen LogP contribution in [0.2, 0.25) is 0 Å². The first kappa shape index (κ1) is 19.2. The van der Waals surface area contributed by atoms with Crippen molar-refractivity contribution in [3.05, 3.63) is 70.3 Å². The largest absolute Gasteiger partial charge is 0.376 e. The topological polar surface area (TPSA) is 41.6 Å². The third-order valence-electron chi connectivity index (χ3n) is 5.79. The molecule has 2 aliphatic rings. The molecule has 1 fully saturated rings. The number of ether oxygens (including phenoxy) is 1. The number of nitrogens with one attached hydrogen (secondary N) is 1. The smallest absolute Gasteiger partial charge is 0.251 e. The van der Waals surface area contributed by atoms with Gasteiger partial charge in [0.25, 0.3) is 5.91 Å². The highest BCUT2D eigenvalue weighted by atomic mass is 16.5. The molecule has 1 atom stereocenters. The molecule has 4 heteroatoms. The number of nitrogens with zero attached hydrogens (tertiary/aromatic N) is 1. The minimum absolute atomic E-state index is 0.0146. The van der Waals surface area contributed by atoms with Crippen LogP contribution < -0.4 is 5.32 Å². The summed E-state index contributed by atoms with van der Waals surface area (Å²) in [5.41, 5.74) is 5.97. The Bertz CT molecular complexity index is 833. The second kappa shape index (κ2) is 8.89. The zero-order chi connectivity index (χ0) is 19.3. The van der Waals surface area contributed by atoms with Crippen LogP contribution in [0, 0.1) is 0 Å². The molecule has 1 heterocycles. The number of fused-ring (bicyclic) bond motifs is 1. The van der Waals surface area contributed by atoms with E-state index in [1.807, 2.05) is 6.07 Å². The Morgan fingerprint density at radius 1 is 1.11 bits per heavy atom. The number of hydrogen-bond acceptors (Lipinski definition) is 3. The van der Waals surface area contributed by atoms with Gasteiger partial charge in [-0.05, 0) is 67.0 Å². The molecule has 1 N–H and O–H groups in total. The average molecular weight is 379 g/mol. The molecule has 148 valence electrons. The average Bonchev–Trinajstić information content (AvgIpc) is 2.72. The zero-order valence-electron chi connectivity index (χ0n) is 16.7. The van der Waals surface area contributed by atoms with E-state index >= 15 is 0 Å². The summed E-state index contributed by atoms with van der Waals surface area (Å²) in [7, 11) is 0. The number of amides is 1. The lowest BCUT2D eigenvalue weighted by Gasteiger charge is -2.31. The first-order valence-corrected chi connectivity index (χ1v) is 10.5. The Balaban J connectivity index is 1.35. The summed E-state index contributed by atoms with van der Waals surface area (Å²) >= 11 is 0. The molecule has 28 heavy (non-hydrogen) atoms. The van der Waals surface area contributed by atoms with E-state index in [1.165, 1.54) is 29.5 Å². The van der Waals surface area contributed by atoms with Gasteiger partial charge in [-0.2, -0.15) is 0 Å². The van der Waals surface area contributed by atoms with Crippen molar-refractivity contribution in [2.45, 2.75) is 51.8 Å². The van der Waals surface area contributed by atoms with Gasteiger partial charge in [-0.15, -0.1) is 0 Å². The lowest BCUT2D eigenvalue weighted by Crippen LogP contribution is -2.40. The van der Waals surface area contributed by atoms with Crippen LogP contribution in [0.15, 0.2) is 42.5 Å². The van der Waals surface area contributed by atoms with Gasteiger partial charge >= 0.3 is 0 Å². The molecule has 1 aliphatic heterocycles. The van der Waals surface area contributed by atoms with Crippen molar-refractivity contribution in [1.82, 2.24) is 10.2 Å². The van der Waals surface area contributed by atoms with E-state index in [-0.39, 0.29) is 5.91 Å². The molecule has 4 nitrogen and oxygen atoms in total. The molecular formula is C24H30N2O2. The van der Waals surface area contributed by atoms with Gasteiger partial charge in [0.15, 0.2) is 0 Å². The van der Waals surface area contributed by atoms with E-state index in [0.717, 1.165) is 50.2 Å². The summed E-state index contributed by atoms with van der Waals surface area (Å²) in [6.45, 7) is 6.36. The highest BCUT2D eigenvalue weighted by Gasteiger charge is 2.17. The Labute approximate surface area is 167 Å². The first-order chi connectivity index (χ1) is 13.7. The third kappa shape index (κ3) is 4.81. The molecule has 1 unspecified atom stereocenters.